The number of aliphatic hydroxyl groups is 1. The summed E-state index contributed by atoms with van der Waals surface area (Å²) in [6.07, 6.45) is 0. The third-order valence-corrected chi connectivity index (χ3v) is 9.76. The van der Waals surface area contributed by atoms with E-state index >= 15 is 0 Å². The lowest BCUT2D eigenvalue weighted by Gasteiger charge is -2.36. The van der Waals surface area contributed by atoms with Gasteiger partial charge in [-0.2, -0.15) is 0 Å². The van der Waals surface area contributed by atoms with Crippen LogP contribution in [-0.4, -0.2) is 18.9 Å². The molecule has 108 valence electrons. The van der Waals surface area contributed by atoms with Crippen LogP contribution in [0.5, 0.6) is 0 Å². The normalized spacial score (nSPS) is 13.0. The zero-order valence-electron chi connectivity index (χ0n) is 12.8. The summed E-state index contributed by atoms with van der Waals surface area (Å²) in [5.74, 6) is 3.19. The fraction of sp³-hybridized carbons (Fsp3) is 0.500. The topological polar surface area (TPSA) is 49.7 Å². The van der Waals surface area contributed by atoms with Crippen molar-refractivity contribution >= 4 is 13.8 Å². The minimum absolute atomic E-state index is 0.370. The lowest BCUT2D eigenvalue weighted by molar-refractivity contribution is 0.260. The predicted molar refractivity (Wildman–Crippen MR) is 86.4 cm³/mol. The standard InChI is InChI=1S/C16H23NO2Si/c1-12(2)20(13(3)4,14(5)18)11-10-15-6-8-16(17-19)9-7-15/h6-9,12-14,18H,1-5H3. The first-order valence-electron chi connectivity index (χ1n) is 6.99. The average Bonchev–Trinajstić information content (AvgIpc) is 2.38. The van der Waals surface area contributed by atoms with Gasteiger partial charge in [0.15, 0.2) is 8.07 Å². The molecule has 0 saturated carbocycles. The van der Waals surface area contributed by atoms with Gasteiger partial charge in [-0.3, -0.25) is 0 Å². The lowest BCUT2D eigenvalue weighted by Crippen LogP contribution is -2.50. The Hall–Kier alpha value is -1.44. The second-order valence-electron chi connectivity index (χ2n) is 5.81. The molecule has 0 aliphatic carbocycles. The number of nitroso groups, excluding NO2 is 1. The molecule has 4 heteroatoms. The molecule has 0 aliphatic heterocycles. The van der Waals surface area contributed by atoms with Gasteiger partial charge in [0.1, 0.15) is 5.69 Å². The number of nitrogens with zero attached hydrogens (tertiary/aromatic N) is 1. The minimum atomic E-state index is -2.12. The largest absolute Gasteiger partial charge is 0.396 e. The van der Waals surface area contributed by atoms with Crippen LogP contribution in [-0.2, 0) is 0 Å². The molecule has 0 heterocycles. The summed E-state index contributed by atoms with van der Waals surface area (Å²) >= 11 is 0. The second kappa shape index (κ2) is 6.82. The van der Waals surface area contributed by atoms with Crippen molar-refractivity contribution in [1.82, 2.24) is 0 Å². The minimum Gasteiger partial charge on any atom is -0.396 e. The molecule has 0 bridgehead atoms. The van der Waals surface area contributed by atoms with Crippen LogP contribution >= 0.6 is 0 Å². The van der Waals surface area contributed by atoms with Crippen molar-refractivity contribution in [3.05, 3.63) is 34.7 Å². The van der Waals surface area contributed by atoms with E-state index in [1.807, 2.05) is 6.92 Å². The molecule has 1 rings (SSSR count). The van der Waals surface area contributed by atoms with Gasteiger partial charge in [0.05, 0.1) is 5.73 Å². The fourth-order valence-electron chi connectivity index (χ4n) is 2.81. The molecule has 0 saturated heterocycles. The van der Waals surface area contributed by atoms with Gasteiger partial charge in [0, 0.05) is 5.56 Å². The highest BCUT2D eigenvalue weighted by molar-refractivity contribution is 6.90. The highest BCUT2D eigenvalue weighted by atomic mass is 28.3. The zero-order chi connectivity index (χ0) is 15.3. The van der Waals surface area contributed by atoms with Gasteiger partial charge in [0.25, 0.3) is 0 Å². The molecule has 3 nitrogen and oxygen atoms in total. The van der Waals surface area contributed by atoms with Crippen LogP contribution in [0.15, 0.2) is 29.4 Å². The Labute approximate surface area is 122 Å². The predicted octanol–water partition coefficient (Wildman–Crippen LogP) is 4.16. The summed E-state index contributed by atoms with van der Waals surface area (Å²) in [5, 5.41) is 13.1. The van der Waals surface area contributed by atoms with E-state index in [1.165, 1.54) is 0 Å². The highest BCUT2D eigenvalue weighted by Gasteiger charge is 2.43. The van der Waals surface area contributed by atoms with Gasteiger partial charge in [-0.1, -0.05) is 33.6 Å². The maximum Gasteiger partial charge on any atom is 0.173 e. The Balaban J connectivity index is 3.19. The molecule has 0 spiro atoms. The molecule has 0 radical (unpaired) electrons. The van der Waals surface area contributed by atoms with E-state index in [2.05, 4.69) is 44.3 Å². The van der Waals surface area contributed by atoms with Gasteiger partial charge in [-0.25, -0.2) is 0 Å². The lowest BCUT2D eigenvalue weighted by atomic mass is 10.2. The Morgan fingerprint density at radius 3 is 1.90 bits per heavy atom. The van der Waals surface area contributed by atoms with E-state index in [-0.39, 0.29) is 5.73 Å². The van der Waals surface area contributed by atoms with E-state index < -0.39 is 8.07 Å². The van der Waals surface area contributed by atoms with Crippen molar-refractivity contribution < 1.29 is 5.11 Å². The smallest absolute Gasteiger partial charge is 0.173 e. The summed E-state index contributed by atoms with van der Waals surface area (Å²) in [4.78, 5) is 10.4. The Morgan fingerprint density at radius 1 is 1.05 bits per heavy atom. The summed E-state index contributed by atoms with van der Waals surface area (Å²) in [7, 11) is -2.12. The van der Waals surface area contributed by atoms with Gasteiger partial charge in [-0.05, 0) is 47.4 Å². The highest BCUT2D eigenvalue weighted by Crippen LogP contribution is 2.34. The number of rotatable bonds is 4. The third-order valence-electron chi connectivity index (χ3n) is 4.00. The molecule has 1 N–H and O–H groups in total. The van der Waals surface area contributed by atoms with Gasteiger partial charge in [0.2, 0.25) is 0 Å². The van der Waals surface area contributed by atoms with Gasteiger partial charge >= 0.3 is 0 Å². The molecule has 1 aromatic rings. The molecule has 0 fully saturated rings. The quantitative estimate of drug-likeness (QED) is 0.514. The summed E-state index contributed by atoms with van der Waals surface area (Å²) in [5.41, 5.74) is 5.07. The van der Waals surface area contributed by atoms with Gasteiger partial charge in [-0.15, -0.1) is 10.5 Å². The van der Waals surface area contributed by atoms with Crippen molar-refractivity contribution in [2.45, 2.75) is 51.4 Å². The summed E-state index contributed by atoms with van der Waals surface area (Å²) in [6, 6.07) is 6.91. The summed E-state index contributed by atoms with van der Waals surface area (Å²) in [6.45, 7) is 10.4. The SMILES string of the molecule is CC(C)[Si](C#Cc1ccc(N=O)cc1)(C(C)C)C(C)O. The van der Waals surface area contributed by atoms with E-state index in [4.69, 9.17) is 0 Å². The van der Waals surface area contributed by atoms with Crippen molar-refractivity contribution in [1.29, 1.82) is 0 Å². The number of benzene rings is 1. The molecular weight excluding hydrogens is 266 g/mol. The van der Waals surface area contributed by atoms with Crippen LogP contribution in [0, 0.1) is 16.4 Å². The first kappa shape index (κ1) is 16.6. The van der Waals surface area contributed by atoms with E-state index in [0.29, 0.717) is 16.8 Å². The van der Waals surface area contributed by atoms with Crippen LogP contribution in [0.2, 0.25) is 11.1 Å². The van der Waals surface area contributed by atoms with Crippen molar-refractivity contribution in [3.63, 3.8) is 0 Å². The molecule has 0 aliphatic rings. The number of hydrogen-bond donors (Lipinski definition) is 1. The van der Waals surface area contributed by atoms with Crippen molar-refractivity contribution in [2.75, 3.05) is 0 Å². The van der Waals surface area contributed by atoms with Crippen molar-refractivity contribution in [3.8, 4) is 11.5 Å². The first-order valence-corrected chi connectivity index (χ1v) is 9.22. The molecule has 1 unspecified atom stereocenters. The Kier molecular flexibility index (Phi) is 5.67. The first-order chi connectivity index (χ1) is 9.34. The van der Waals surface area contributed by atoms with E-state index in [9.17, 15) is 10.0 Å². The van der Waals surface area contributed by atoms with Gasteiger partial charge < -0.3 is 5.11 Å². The van der Waals surface area contributed by atoms with Crippen LogP contribution in [0.3, 0.4) is 0 Å². The van der Waals surface area contributed by atoms with Crippen molar-refractivity contribution in [2.24, 2.45) is 5.18 Å². The Bertz CT molecular complexity index is 488. The zero-order valence-corrected chi connectivity index (χ0v) is 13.8. The fourth-order valence-corrected chi connectivity index (χ4v) is 7.22. The van der Waals surface area contributed by atoms with Crippen LogP contribution < -0.4 is 0 Å². The monoisotopic (exact) mass is 289 g/mol. The van der Waals surface area contributed by atoms with Crippen LogP contribution in [0.1, 0.15) is 40.2 Å². The third kappa shape index (κ3) is 3.36. The van der Waals surface area contributed by atoms with E-state index in [1.54, 1.807) is 24.3 Å². The Morgan fingerprint density at radius 2 is 1.55 bits per heavy atom. The molecule has 1 aromatic carbocycles. The number of aliphatic hydroxyl groups excluding tert-OH is 1. The molecule has 20 heavy (non-hydrogen) atoms. The molecule has 1 atom stereocenters. The average molecular weight is 289 g/mol. The summed E-state index contributed by atoms with van der Waals surface area (Å²) < 4.78 is 0. The molecule has 0 aromatic heterocycles. The number of hydrogen-bond acceptors (Lipinski definition) is 3. The van der Waals surface area contributed by atoms with Crippen LogP contribution in [0.25, 0.3) is 0 Å². The van der Waals surface area contributed by atoms with E-state index in [0.717, 1.165) is 5.56 Å². The second-order valence-corrected chi connectivity index (χ2v) is 11.1. The molecular formula is C16H23NO2Si. The maximum absolute atomic E-state index is 10.4. The van der Waals surface area contributed by atoms with Crippen LogP contribution in [0.4, 0.5) is 5.69 Å². The maximum atomic E-state index is 10.4. The molecule has 0 amide bonds.